The van der Waals surface area contributed by atoms with E-state index in [1.165, 1.54) is 5.56 Å². The number of para-hydroxylation sites is 2. The van der Waals surface area contributed by atoms with Gasteiger partial charge in [-0.25, -0.2) is 4.98 Å². The molecule has 0 aliphatic carbocycles. The maximum atomic E-state index is 12.5. The van der Waals surface area contributed by atoms with Crippen LogP contribution >= 0.6 is 0 Å². The zero-order valence-corrected chi connectivity index (χ0v) is 16.6. The van der Waals surface area contributed by atoms with Crippen LogP contribution in [0.4, 0.5) is 17.2 Å². The number of nitrogens with one attached hydrogen (secondary N) is 2. The van der Waals surface area contributed by atoms with Crippen LogP contribution in [-0.2, 0) is 5.41 Å². The van der Waals surface area contributed by atoms with Crippen LogP contribution in [0.25, 0.3) is 0 Å². The topological polar surface area (TPSA) is 63.2 Å². The van der Waals surface area contributed by atoms with E-state index in [1.807, 2.05) is 60.7 Å². The number of aromatic nitrogens is 1. The maximum Gasteiger partial charge on any atom is 0.255 e. The van der Waals surface area contributed by atoms with E-state index in [1.54, 1.807) is 13.3 Å². The third kappa shape index (κ3) is 4.68. The Kier molecular flexibility index (Phi) is 5.64. The zero-order valence-electron chi connectivity index (χ0n) is 16.6. The molecule has 28 heavy (non-hydrogen) atoms. The second-order valence-corrected chi connectivity index (χ2v) is 7.54. The monoisotopic (exact) mass is 375 g/mol. The fraction of sp³-hybridized carbons (Fsp3) is 0.217. The normalized spacial score (nSPS) is 11.0. The predicted octanol–water partition coefficient (Wildman–Crippen LogP) is 5.38. The van der Waals surface area contributed by atoms with Crippen molar-refractivity contribution < 1.29 is 9.53 Å². The minimum atomic E-state index is -0.160. The van der Waals surface area contributed by atoms with Crippen molar-refractivity contribution in [2.24, 2.45) is 0 Å². The minimum absolute atomic E-state index is 0.0587. The van der Waals surface area contributed by atoms with Gasteiger partial charge in [-0.1, -0.05) is 45.0 Å². The molecule has 0 fully saturated rings. The van der Waals surface area contributed by atoms with Crippen molar-refractivity contribution in [3.63, 3.8) is 0 Å². The Morgan fingerprint density at radius 2 is 1.68 bits per heavy atom. The molecular weight excluding hydrogens is 350 g/mol. The van der Waals surface area contributed by atoms with Gasteiger partial charge in [0.1, 0.15) is 11.6 Å². The first-order valence-electron chi connectivity index (χ1n) is 9.15. The van der Waals surface area contributed by atoms with Crippen molar-refractivity contribution in [3.05, 3.63) is 78.0 Å². The summed E-state index contributed by atoms with van der Waals surface area (Å²) in [6.45, 7) is 6.44. The summed E-state index contributed by atoms with van der Waals surface area (Å²) >= 11 is 0. The van der Waals surface area contributed by atoms with Crippen LogP contribution in [0.3, 0.4) is 0 Å². The fourth-order valence-corrected chi connectivity index (χ4v) is 2.75. The number of nitrogens with zero attached hydrogens (tertiary/aromatic N) is 1. The van der Waals surface area contributed by atoms with Gasteiger partial charge in [-0.2, -0.15) is 0 Å². The highest BCUT2D eigenvalue weighted by Gasteiger charge is 2.14. The standard InChI is InChI=1S/C23H25N3O2/c1-23(2,3)17-11-9-16(10-12-17)22(27)25-18-13-14-21(24-15-18)26-19-7-5-6-8-20(19)28-4/h5-15H,1-4H3,(H,24,26)(H,25,27). The predicted molar refractivity (Wildman–Crippen MR) is 114 cm³/mol. The molecule has 0 spiro atoms. The number of hydrogen-bond acceptors (Lipinski definition) is 4. The molecule has 3 aromatic rings. The first kappa shape index (κ1) is 19.4. The number of benzene rings is 2. The first-order valence-corrected chi connectivity index (χ1v) is 9.15. The van der Waals surface area contributed by atoms with E-state index in [0.29, 0.717) is 17.1 Å². The van der Waals surface area contributed by atoms with Gasteiger partial charge in [0.15, 0.2) is 0 Å². The lowest BCUT2D eigenvalue weighted by molar-refractivity contribution is 0.102. The molecule has 0 radical (unpaired) electrons. The molecule has 0 bridgehead atoms. The number of amides is 1. The highest BCUT2D eigenvalue weighted by molar-refractivity contribution is 6.04. The summed E-state index contributed by atoms with van der Waals surface area (Å²) in [6.07, 6.45) is 1.62. The van der Waals surface area contributed by atoms with Gasteiger partial charge >= 0.3 is 0 Å². The van der Waals surface area contributed by atoms with Gasteiger partial charge in [0.25, 0.3) is 5.91 Å². The van der Waals surface area contributed by atoms with Crippen LogP contribution in [0.2, 0.25) is 0 Å². The Morgan fingerprint density at radius 3 is 2.29 bits per heavy atom. The Hall–Kier alpha value is -3.34. The van der Waals surface area contributed by atoms with Gasteiger partial charge < -0.3 is 15.4 Å². The Balaban J connectivity index is 1.66. The smallest absolute Gasteiger partial charge is 0.255 e. The van der Waals surface area contributed by atoms with Crippen molar-refractivity contribution in [2.45, 2.75) is 26.2 Å². The van der Waals surface area contributed by atoms with Gasteiger partial charge in [0.2, 0.25) is 0 Å². The van der Waals surface area contributed by atoms with Gasteiger partial charge in [-0.3, -0.25) is 4.79 Å². The number of rotatable bonds is 5. The third-order valence-electron chi connectivity index (χ3n) is 4.40. The van der Waals surface area contributed by atoms with Crippen molar-refractivity contribution >= 4 is 23.1 Å². The maximum absolute atomic E-state index is 12.5. The number of anilines is 3. The summed E-state index contributed by atoms with van der Waals surface area (Å²) in [5.74, 6) is 1.24. The van der Waals surface area contributed by atoms with Gasteiger partial charge in [0.05, 0.1) is 24.7 Å². The van der Waals surface area contributed by atoms with Crippen LogP contribution in [0.1, 0.15) is 36.7 Å². The highest BCUT2D eigenvalue weighted by Crippen LogP contribution is 2.26. The number of ether oxygens (including phenoxy) is 1. The van der Waals surface area contributed by atoms with E-state index in [-0.39, 0.29) is 11.3 Å². The van der Waals surface area contributed by atoms with Crippen LogP contribution in [0.5, 0.6) is 5.75 Å². The van der Waals surface area contributed by atoms with Crippen LogP contribution < -0.4 is 15.4 Å². The van der Waals surface area contributed by atoms with Crippen molar-refractivity contribution in [1.29, 1.82) is 0 Å². The second kappa shape index (κ2) is 8.13. The summed E-state index contributed by atoms with van der Waals surface area (Å²) < 4.78 is 5.32. The number of methoxy groups -OCH3 is 1. The molecule has 0 atom stereocenters. The molecule has 5 nitrogen and oxygen atoms in total. The average Bonchev–Trinajstić information content (AvgIpc) is 2.69. The van der Waals surface area contributed by atoms with E-state index in [0.717, 1.165) is 11.4 Å². The molecule has 0 saturated heterocycles. The van der Waals surface area contributed by atoms with Crippen molar-refractivity contribution in [2.75, 3.05) is 17.7 Å². The molecule has 1 heterocycles. The summed E-state index contributed by atoms with van der Waals surface area (Å²) in [7, 11) is 1.63. The molecule has 144 valence electrons. The van der Waals surface area contributed by atoms with Gasteiger partial charge in [-0.05, 0) is 47.4 Å². The van der Waals surface area contributed by atoms with Gasteiger partial charge in [-0.15, -0.1) is 0 Å². The number of hydrogen-bond donors (Lipinski definition) is 2. The molecular formula is C23H25N3O2. The highest BCUT2D eigenvalue weighted by atomic mass is 16.5. The van der Waals surface area contributed by atoms with Crippen LogP contribution in [-0.4, -0.2) is 18.0 Å². The largest absolute Gasteiger partial charge is 0.495 e. The van der Waals surface area contributed by atoms with E-state index in [2.05, 4.69) is 36.4 Å². The molecule has 3 rings (SSSR count). The quantitative estimate of drug-likeness (QED) is 0.628. The lowest BCUT2D eigenvalue weighted by Crippen LogP contribution is -2.14. The molecule has 1 amide bonds. The summed E-state index contributed by atoms with van der Waals surface area (Å²) in [6, 6.07) is 18.9. The Labute approximate surface area is 165 Å². The summed E-state index contributed by atoms with van der Waals surface area (Å²) in [4.78, 5) is 16.8. The SMILES string of the molecule is COc1ccccc1Nc1ccc(NC(=O)c2ccc(C(C)(C)C)cc2)cn1. The summed E-state index contributed by atoms with van der Waals surface area (Å²) in [5, 5.41) is 6.08. The lowest BCUT2D eigenvalue weighted by atomic mass is 9.87. The average molecular weight is 375 g/mol. The van der Waals surface area contributed by atoms with Crippen LogP contribution in [0.15, 0.2) is 66.9 Å². The molecule has 1 aromatic heterocycles. The fourth-order valence-electron chi connectivity index (χ4n) is 2.75. The molecule has 0 saturated carbocycles. The second-order valence-electron chi connectivity index (χ2n) is 7.54. The minimum Gasteiger partial charge on any atom is -0.495 e. The van der Waals surface area contributed by atoms with E-state index < -0.39 is 0 Å². The van der Waals surface area contributed by atoms with E-state index in [4.69, 9.17) is 4.74 Å². The summed E-state index contributed by atoms with van der Waals surface area (Å²) in [5.41, 5.74) is 3.33. The van der Waals surface area contributed by atoms with Gasteiger partial charge in [0, 0.05) is 5.56 Å². The van der Waals surface area contributed by atoms with Crippen LogP contribution in [0, 0.1) is 0 Å². The molecule has 5 heteroatoms. The molecule has 0 unspecified atom stereocenters. The molecule has 0 aliphatic rings. The number of carbonyl (C=O) groups excluding carboxylic acids is 1. The van der Waals surface area contributed by atoms with E-state index in [9.17, 15) is 4.79 Å². The van der Waals surface area contributed by atoms with Crippen molar-refractivity contribution in [1.82, 2.24) is 4.98 Å². The molecule has 0 aliphatic heterocycles. The third-order valence-corrected chi connectivity index (χ3v) is 4.40. The molecule has 2 aromatic carbocycles. The first-order chi connectivity index (χ1) is 13.4. The number of pyridine rings is 1. The number of carbonyl (C=O) groups is 1. The Bertz CT molecular complexity index is 943. The lowest BCUT2D eigenvalue weighted by Gasteiger charge is -2.19. The Morgan fingerprint density at radius 1 is 0.964 bits per heavy atom. The zero-order chi connectivity index (χ0) is 20.1. The van der Waals surface area contributed by atoms with Crippen molar-refractivity contribution in [3.8, 4) is 5.75 Å². The molecule has 2 N–H and O–H groups in total. The van der Waals surface area contributed by atoms with E-state index >= 15 is 0 Å².